The number of hydrogen-bond acceptors (Lipinski definition) is 4. The molecule has 0 aliphatic rings. The average molecular weight is 245 g/mol. The molecule has 18 heavy (non-hydrogen) atoms. The summed E-state index contributed by atoms with van der Waals surface area (Å²) in [6.07, 6.45) is 0.540. The number of carbonyl (C=O) groups is 1. The Balaban J connectivity index is 1.87. The minimum absolute atomic E-state index is 0.0793. The maximum atomic E-state index is 11.9. The zero-order valence-corrected chi connectivity index (χ0v) is 10.4. The molecule has 0 bridgehead atoms. The summed E-state index contributed by atoms with van der Waals surface area (Å²) in [6.45, 7) is 4.13. The topological polar surface area (TPSA) is 68.0 Å². The molecule has 5 heteroatoms. The van der Waals surface area contributed by atoms with Gasteiger partial charge in [-0.25, -0.2) is 0 Å². The Hall–Kier alpha value is -2.17. The highest BCUT2D eigenvalue weighted by Gasteiger charge is 2.08. The van der Waals surface area contributed by atoms with Gasteiger partial charge < -0.3 is 9.73 Å². The second-order valence-corrected chi connectivity index (χ2v) is 4.04. The standard InChI is InChI=1S/C13H15N3O2/c1-9-5-3-4-6-11(9)13(17)14-8-7-12-16-15-10(2)18-12/h3-6H,7-8H2,1-2H3,(H,14,17). The van der Waals surface area contributed by atoms with E-state index in [-0.39, 0.29) is 5.91 Å². The Morgan fingerprint density at radius 3 is 2.72 bits per heavy atom. The molecule has 0 aliphatic heterocycles. The van der Waals surface area contributed by atoms with Crippen molar-refractivity contribution in [2.75, 3.05) is 6.54 Å². The molecular weight excluding hydrogens is 230 g/mol. The van der Waals surface area contributed by atoms with E-state index in [0.717, 1.165) is 5.56 Å². The average Bonchev–Trinajstić information content (AvgIpc) is 2.75. The first kappa shape index (κ1) is 12.3. The van der Waals surface area contributed by atoms with Crippen LogP contribution in [0.1, 0.15) is 27.7 Å². The van der Waals surface area contributed by atoms with E-state index in [1.807, 2.05) is 31.2 Å². The molecule has 0 radical (unpaired) electrons. The summed E-state index contributed by atoms with van der Waals surface area (Å²) < 4.78 is 5.22. The third-order valence-electron chi connectivity index (χ3n) is 2.58. The molecule has 2 aromatic rings. The summed E-state index contributed by atoms with van der Waals surface area (Å²) in [6, 6.07) is 7.48. The van der Waals surface area contributed by atoms with Crippen LogP contribution in [0, 0.1) is 13.8 Å². The van der Waals surface area contributed by atoms with E-state index >= 15 is 0 Å². The Labute approximate surface area is 105 Å². The first-order valence-electron chi connectivity index (χ1n) is 5.79. The fraction of sp³-hybridized carbons (Fsp3) is 0.308. The number of carbonyl (C=O) groups excluding carboxylic acids is 1. The number of aromatic nitrogens is 2. The summed E-state index contributed by atoms with van der Waals surface area (Å²) >= 11 is 0. The highest BCUT2D eigenvalue weighted by Crippen LogP contribution is 2.06. The maximum Gasteiger partial charge on any atom is 0.251 e. The summed E-state index contributed by atoms with van der Waals surface area (Å²) in [5.41, 5.74) is 1.66. The van der Waals surface area contributed by atoms with Crippen molar-refractivity contribution in [3.05, 3.63) is 47.2 Å². The summed E-state index contributed by atoms with van der Waals surface area (Å²) in [4.78, 5) is 11.9. The molecule has 1 heterocycles. The Kier molecular flexibility index (Phi) is 3.72. The van der Waals surface area contributed by atoms with Gasteiger partial charge in [-0.1, -0.05) is 18.2 Å². The molecule has 0 spiro atoms. The third kappa shape index (κ3) is 2.94. The lowest BCUT2D eigenvalue weighted by Gasteiger charge is -2.05. The van der Waals surface area contributed by atoms with E-state index < -0.39 is 0 Å². The van der Waals surface area contributed by atoms with Crippen molar-refractivity contribution in [2.45, 2.75) is 20.3 Å². The highest BCUT2D eigenvalue weighted by atomic mass is 16.4. The number of nitrogens with one attached hydrogen (secondary N) is 1. The number of rotatable bonds is 4. The van der Waals surface area contributed by atoms with E-state index in [9.17, 15) is 4.79 Å². The fourth-order valence-electron chi connectivity index (χ4n) is 1.64. The molecule has 1 aromatic carbocycles. The van der Waals surface area contributed by atoms with Gasteiger partial charge in [-0.05, 0) is 18.6 Å². The van der Waals surface area contributed by atoms with E-state index in [1.54, 1.807) is 6.92 Å². The molecule has 94 valence electrons. The predicted molar refractivity (Wildman–Crippen MR) is 66.3 cm³/mol. The van der Waals surface area contributed by atoms with Crippen LogP contribution in [0.25, 0.3) is 0 Å². The van der Waals surface area contributed by atoms with Gasteiger partial charge in [-0.2, -0.15) is 0 Å². The number of benzene rings is 1. The van der Waals surface area contributed by atoms with Gasteiger partial charge in [-0.3, -0.25) is 4.79 Å². The molecule has 1 aromatic heterocycles. The van der Waals surface area contributed by atoms with Crippen molar-refractivity contribution in [2.24, 2.45) is 0 Å². The van der Waals surface area contributed by atoms with Crippen molar-refractivity contribution < 1.29 is 9.21 Å². The number of amides is 1. The van der Waals surface area contributed by atoms with Gasteiger partial charge in [0.15, 0.2) is 0 Å². The van der Waals surface area contributed by atoms with E-state index in [1.165, 1.54) is 0 Å². The summed E-state index contributed by atoms with van der Waals surface area (Å²) in [5, 5.41) is 10.4. The smallest absolute Gasteiger partial charge is 0.251 e. The van der Waals surface area contributed by atoms with Crippen LogP contribution in [0.4, 0.5) is 0 Å². The molecule has 0 saturated carbocycles. The van der Waals surface area contributed by atoms with Gasteiger partial charge in [0.2, 0.25) is 11.8 Å². The molecule has 1 amide bonds. The second-order valence-electron chi connectivity index (χ2n) is 4.04. The van der Waals surface area contributed by atoms with Crippen LogP contribution in [0.2, 0.25) is 0 Å². The van der Waals surface area contributed by atoms with Crippen molar-refractivity contribution >= 4 is 5.91 Å². The molecule has 1 N–H and O–H groups in total. The lowest BCUT2D eigenvalue weighted by atomic mass is 10.1. The van der Waals surface area contributed by atoms with Gasteiger partial charge in [0.05, 0.1) is 0 Å². The molecule has 0 unspecified atom stereocenters. The van der Waals surface area contributed by atoms with Gasteiger partial charge >= 0.3 is 0 Å². The number of hydrogen-bond donors (Lipinski definition) is 1. The van der Waals surface area contributed by atoms with Crippen molar-refractivity contribution in [3.8, 4) is 0 Å². The van der Waals surface area contributed by atoms with Gasteiger partial charge in [0, 0.05) is 25.5 Å². The zero-order valence-electron chi connectivity index (χ0n) is 10.4. The molecule has 0 atom stereocenters. The molecule has 0 fully saturated rings. The summed E-state index contributed by atoms with van der Waals surface area (Å²) in [7, 11) is 0. The maximum absolute atomic E-state index is 11.9. The summed E-state index contributed by atoms with van der Waals surface area (Å²) in [5.74, 6) is 0.997. The van der Waals surface area contributed by atoms with Gasteiger partial charge in [0.1, 0.15) is 0 Å². The van der Waals surface area contributed by atoms with Crippen LogP contribution in [-0.2, 0) is 6.42 Å². The van der Waals surface area contributed by atoms with Gasteiger partial charge in [0.25, 0.3) is 5.91 Å². The molecular formula is C13H15N3O2. The minimum atomic E-state index is -0.0793. The zero-order chi connectivity index (χ0) is 13.0. The van der Waals surface area contributed by atoms with Crippen molar-refractivity contribution in [3.63, 3.8) is 0 Å². The molecule has 0 aliphatic carbocycles. The van der Waals surface area contributed by atoms with Crippen LogP contribution in [0.3, 0.4) is 0 Å². The van der Waals surface area contributed by atoms with Crippen molar-refractivity contribution in [1.29, 1.82) is 0 Å². The van der Waals surface area contributed by atoms with E-state index in [0.29, 0.717) is 30.3 Å². The van der Waals surface area contributed by atoms with Crippen LogP contribution < -0.4 is 5.32 Å². The van der Waals surface area contributed by atoms with Crippen molar-refractivity contribution in [1.82, 2.24) is 15.5 Å². The quantitative estimate of drug-likeness (QED) is 0.889. The first-order valence-corrected chi connectivity index (χ1v) is 5.79. The molecule has 0 saturated heterocycles. The predicted octanol–water partition coefficient (Wildman–Crippen LogP) is 1.66. The van der Waals surface area contributed by atoms with Crippen LogP contribution in [0.15, 0.2) is 28.7 Å². The van der Waals surface area contributed by atoms with Crippen LogP contribution >= 0.6 is 0 Å². The molecule has 5 nitrogen and oxygen atoms in total. The van der Waals surface area contributed by atoms with Crippen LogP contribution in [-0.4, -0.2) is 22.6 Å². The number of nitrogens with zero attached hydrogens (tertiary/aromatic N) is 2. The monoisotopic (exact) mass is 245 g/mol. The second kappa shape index (κ2) is 5.44. The minimum Gasteiger partial charge on any atom is -0.426 e. The number of aryl methyl sites for hydroxylation is 2. The Morgan fingerprint density at radius 1 is 1.28 bits per heavy atom. The SMILES string of the molecule is Cc1nnc(CCNC(=O)c2ccccc2C)o1. The highest BCUT2D eigenvalue weighted by molar-refractivity contribution is 5.95. The first-order chi connectivity index (χ1) is 8.66. The Morgan fingerprint density at radius 2 is 2.06 bits per heavy atom. The lowest BCUT2D eigenvalue weighted by molar-refractivity contribution is 0.0953. The van der Waals surface area contributed by atoms with E-state index in [2.05, 4.69) is 15.5 Å². The molecule has 2 rings (SSSR count). The Bertz CT molecular complexity index is 549. The largest absolute Gasteiger partial charge is 0.426 e. The van der Waals surface area contributed by atoms with E-state index in [4.69, 9.17) is 4.42 Å². The third-order valence-corrected chi connectivity index (χ3v) is 2.58. The van der Waals surface area contributed by atoms with Crippen LogP contribution in [0.5, 0.6) is 0 Å². The van der Waals surface area contributed by atoms with Gasteiger partial charge in [-0.15, -0.1) is 10.2 Å². The normalized spacial score (nSPS) is 10.3. The lowest BCUT2D eigenvalue weighted by Crippen LogP contribution is -2.26. The fourth-order valence-corrected chi connectivity index (χ4v) is 1.64.